The predicted octanol–water partition coefficient (Wildman–Crippen LogP) is 7.81. The maximum atomic E-state index is 12.5. The lowest BCUT2D eigenvalue weighted by Gasteiger charge is -2.32. The Morgan fingerprint density at radius 2 is 1.38 bits per heavy atom. The van der Waals surface area contributed by atoms with Crippen LogP contribution in [-0.4, -0.2) is 80.9 Å². The fourth-order valence-electron chi connectivity index (χ4n) is 4.90. The summed E-state index contributed by atoms with van der Waals surface area (Å²) in [6.07, 6.45) is 20.9. The van der Waals surface area contributed by atoms with Crippen molar-refractivity contribution in [2.75, 3.05) is 54.0 Å². The molecular weight excluding hydrogens is 515 g/mol. The molecular formula is C30H61N2O6P+2. The van der Waals surface area contributed by atoms with Gasteiger partial charge in [0.1, 0.15) is 6.54 Å². The van der Waals surface area contributed by atoms with Gasteiger partial charge in [-0.1, -0.05) is 108 Å². The molecule has 1 aliphatic heterocycles. The van der Waals surface area contributed by atoms with Gasteiger partial charge >= 0.3 is 14.3 Å². The molecule has 0 aromatic rings. The summed E-state index contributed by atoms with van der Waals surface area (Å²) in [6.45, 7) is 4.61. The minimum atomic E-state index is -2.40. The van der Waals surface area contributed by atoms with E-state index >= 15 is 0 Å². The number of rotatable bonds is 24. The smallest absolute Gasteiger partial charge is 0.449 e. The molecule has 1 aliphatic rings. The number of quaternary nitrogens is 1. The number of aliphatic hydroxyl groups is 1. The normalized spacial score (nSPS) is 17.3. The molecule has 1 N–H and O–H groups in total. The molecule has 3 unspecified atom stereocenters. The summed E-state index contributed by atoms with van der Waals surface area (Å²) in [5, 5.41) is 10.4. The topological polar surface area (TPSA) is 85.3 Å². The van der Waals surface area contributed by atoms with Crippen LogP contribution < -0.4 is 0 Å². The zero-order valence-corrected chi connectivity index (χ0v) is 26.6. The van der Waals surface area contributed by atoms with E-state index in [1.165, 1.54) is 89.9 Å². The molecule has 3 atom stereocenters. The molecule has 0 spiro atoms. The Labute approximate surface area is 240 Å². The van der Waals surface area contributed by atoms with Crippen LogP contribution in [0.4, 0.5) is 4.79 Å². The number of carbonyl (C=O) groups is 1. The molecule has 0 aromatic carbocycles. The van der Waals surface area contributed by atoms with Crippen LogP contribution >= 0.6 is 8.25 Å². The van der Waals surface area contributed by atoms with E-state index in [0.29, 0.717) is 37.1 Å². The SMILES string of the molecule is CCCCCCCCCCCCCCCCCCOC(=O)N1CCCC(C(O)O[P+](=O)OCC[N+](C)(C)C)C1. The molecule has 1 heterocycles. The van der Waals surface area contributed by atoms with Crippen molar-refractivity contribution in [3.05, 3.63) is 0 Å². The third-order valence-electron chi connectivity index (χ3n) is 7.50. The summed E-state index contributed by atoms with van der Waals surface area (Å²) >= 11 is 0. The highest BCUT2D eigenvalue weighted by Gasteiger charge is 2.36. The van der Waals surface area contributed by atoms with Gasteiger partial charge in [-0.25, -0.2) is 4.79 Å². The first-order chi connectivity index (χ1) is 18.7. The number of nitrogens with zero attached hydrogens (tertiary/aromatic N) is 2. The van der Waals surface area contributed by atoms with Crippen LogP contribution in [0.3, 0.4) is 0 Å². The molecule has 1 saturated heterocycles. The molecule has 0 radical (unpaired) electrons. The van der Waals surface area contributed by atoms with Crippen molar-refractivity contribution in [1.29, 1.82) is 0 Å². The van der Waals surface area contributed by atoms with Crippen LogP contribution in [-0.2, 0) is 18.3 Å². The monoisotopic (exact) mass is 576 g/mol. The van der Waals surface area contributed by atoms with Gasteiger partial charge in [0.25, 0.3) is 0 Å². The molecule has 0 saturated carbocycles. The summed E-state index contributed by atoms with van der Waals surface area (Å²) < 4.78 is 28.6. The number of likely N-dealkylation sites (tertiary alicyclic amines) is 1. The van der Waals surface area contributed by atoms with Crippen LogP contribution in [0.15, 0.2) is 0 Å². The van der Waals surface area contributed by atoms with Gasteiger partial charge < -0.3 is 19.2 Å². The third kappa shape index (κ3) is 20.7. The van der Waals surface area contributed by atoms with Gasteiger partial charge in [0.05, 0.1) is 27.7 Å². The van der Waals surface area contributed by atoms with Crippen molar-refractivity contribution in [2.24, 2.45) is 5.92 Å². The van der Waals surface area contributed by atoms with Crippen molar-refractivity contribution < 1.29 is 32.7 Å². The zero-order valence-electron chi connectivity index (χ0n) is 25.7. The molecule has 230 valence electrons. The summed E-state index contributed by atoms with van der Waals surface area (Å²) in [5.41, 5.74) is 0. The minimum absolute atomic E-state index is 0.286. The quantitative estimate of drug-likeness (QED) is 0.0546. The lowest BCUT2D eigenvalue weighted by Crippen LogP contribution is -2.44. The standard InChI is InChI=1S/C30H61N2O6P/c1-5-6-7-8-9-10-11-12-13-14-15-16-17-18-19-20-25-36-30(34)31-23-21-22-28(27-31)29(33)38-39(35)37-26-24-32(2,3)4/h28-29,33H,5-27H2,1-4H3/q+2. The fourth-order valence-corrected chi connectivity index (χ4v) is 5.54. The van der Waals surface area contributed by atoms with Gasteiger partial charge in [-0.2, -0.15) is 0 Å². The summed E-state index contributed by atoms with van der Waals surface area (Å²) in [6, 6.07) is 0. The number of hydrogen-bond acceptors (Lipinski definition) is 6. The molecule has 0 bridgehead atoms. The molecule has 8 nitrogen and oxygen atoms in total. The number of likely N-dealkylation sites (N-methyl/N-ethyl adjacent to an activating group) is 1. The van der Waals surface area contributed by atoms with Gasteiger partial charge in [-0.15, -0.1) is 4.52 Å². The highest BCUT2D eigenvalue weighted by molar-refractivity contribution is 7.33. The maximum Gasteiger partial charge on any atom is 0.700 e. The first-order valence-electron chi connectivity index (χ1n) is 15.9. The lowest BCUT2D eigenvalue weighted by atomic mass is 9.98. The Morgan fingerprint density at radius 1 is 0.872 bits per heavy atom. The molecule has 39 heavy (non-hydrogen) atoms. The molecule has 0 aromatic heterocycles. The van der Waals surface area contributed by atoms with Crippen molar-refractivity contribution >= 4 is 14.3 Å². The van der Waals surface area contributed by atoms with E-state index in [4.69, 9.17) is 13.8 Å². The number of amides is 1. The molecule has 1 fully saturated rings. The number of piperidine rings is 1. The van der Waals surface area contributed by atoms with Crippen LogP contribution in [0.2, 0.25) is 0 Å². The number of unbranched alkanes of at least 4 members (excludes halogenated alkanes) is 15. The highest BCUT2D eigenvalue weighted by Crippen LogP contribution is 2.31. The molecule has 1 rings (SSSR count). The zero-order chi connectivity index (χ0) is 28.8. The van der Waals surface area contributed by atoms with Gasteiger partial charge in [-0.05, 0) is 19.3 Å². The van der Waals surface area contributed by atoms with E-state index < -0.39 is 14.5 Å². The van der Waals surface area contributed by atoms with Gasteiger partial charge in [0, 0.05) is 23.6 Å². The molecule has 0 aliphatic carbocycles. The average molecular weight is 577 g/mol. The van der Waals surface area contributed by atoms with Crippen LogP contribution in [0.5, 0.6) is 0 Å². The number of aliphatic hydroxyl groups excluding tert-OH is 1. The Bertz CT molecular complexity index is 631. The van der Waals surface area contributed by atoms with Crippen LogP contribution in [0.1, 0.15) is 122 Å². The summed E-state index contributed by atoms with van der Waals surface area (Å²) in [4.78, 5) is 14.1. The van der Waals surface area contributed by atoms with Crippen molar-refractivity contribution in [3.63, 3.8) is 0 Å². The second-order valence-corrected chi connectivity index (χ2v) is 13.2. The van der Waals surface area contributed by atoms with E-state index in [1.54, 1.807) is 4.90 Å². The largest absolute Gasteiger partial charge is 0.700 e. The minimum Gasteiger partial charge on any atom is -0.449 e. The second kappa shape index (κ2) is 22.8. The van der Waals surface area contributed by atoms with E-state index in [9.17, 15) is 14.5 Å². The Morgan fingerprint density at radius 3 is 1.90 bits per heavy atom. The van der Waals surface area contributed by atoms with Gasteiger partial charge in [0.2, 0.25) is 6.29 Å². The van der Waals surface area contributed by atoms with E-state index in [2.05, 4.69) is 6.92 Å². The highest BCUT2D eigenvalue weighted by atomic mass is 31.1. The van der Waals surface area contributed by atoms with Crippen molar-refractivity contribution in [2.45, 2.75) is 129 Å². The van der Waals surface area contributed by atoms with Crippen LogP contribution in [0.25, 0.3) is 0 Å². The first-order valence-corrected chi connectivity index (χ1v) is 17.0. The summed E-state index contributed by atoms with van der Waals surface area (Å²) in [7, 11) is 3.65. The number of carbonyl (C=O) groups excluding carboxylic acids is 1. The predicted molar refractivity (Wildman–Crippen MR) is 159 cm³/mol. The first kappa shape index (κ1) is 36.2. The number of hydrogen-bond donors (Lipinski definition) is 1. The van der Waals surface area contributed by atoms with Crippen molar-refractivity contribution in [3.8, 4) is 0 Å². The average Bonchev–Trinajstić information content (AvgIpc) is 2.89. The molecule has 9 heteroatoms. The van der Waals surface area contributed by atoms with E-state index in [0.717, 1.165) is 19.3 Å². The summed E-state index contributed by atoms with van der Waals surface area (Å²) in [5.74, 6) is -0.303. The lowest BCUT2D eigenvalue weighted by molar-refractivity contribution is -0.870. The Balaban J connectivity index is 2.00. The van der Waals surface area contributed by atoms with E-state index in [-0.39, 0.29) is 18.6 Å². The molecule has 1 amide bonds. The fraction of sp³-hybridized carbons (Fsp3) is 0.967. The van der Waals surface area contributed by atoms with Gasteiger partial charge in [0.15, 0.2) is 6.61 Å². The van der Waals surface area contributed by atoms with Crippen molar-refractivity contribution in [1.82, 2.24) is 4.90 Å². The number of ether oxygens (including phenoxy) is 1. The second-order valence-electron chi connectivity index (χ2n) is 12.3. The van der Waals surface area contributed by atoms with Gasteiger partial charge in [-0.3, -0.25) is 0 Å². The Hall–Kier alpha value is -0.790. The maximum absolute atomic E-state index is 12.5. The Kier molecular flexibility index (Phi) is 21.2. The third-order valence-corrected chi connectivity index (χ3v) is 8.28. The van der Waals surface area contributed by atoms with Crippen LogP contribution in [0, 0.1) is 5.92 Å². The van der Waals surface area contributed by atoms with E-state index in [1.807, 2.05) is 21.1 Å².